The standard InChI is InChI=1S/C16H21N3O2/c1-11-5-3-7-13-14(11)15(20)19(16(21)18(13)2)10-12-6-4-8-17-9-12/h3,5,7,12,17H,4,6,8-10H2,1-2H3. The van der Waals surface area contributed by atoms with Crippen LogP contribution in [-0.4, -0.2) is 22.2 Å². The molecule has 0 bridgehead atoms. The summed E-state index contributed by atoms with van der Waals surface area (Å²) in [6.45, 7) is 4.32. The molecule has 1 aliphatic heterocycles. The van der Waals surface area contributed by atoms with Crippen molar-refractivity contribution in [2.75, 3.05) is 13.1 Å². The number of nitrogens with zero attached hydrogens (tertiary/aromatic N) is 2. The molecule has 2 heterocycles. The van der Waals surface area contributed by atoms with Crippen molar-refractivity contribution < 1.29 is 0 Å². The van der Waals surface area contributed by atoms with Crippen molar-refractivity contribution in [2.24, 2.45) is 13.0 Å². The first-order valence-corrected chi connectivity index (χ1v) is 7.49. The van der Waals surface area contributed by atoms with Crippen molar-refractivity contribution in [3.05, 3.63) is 44.6 Å². The van der Waals surface area contributed by atoms with Crippen molar-refractivity contribution in [1.82, 2.24) is 14.5 Å². The average molecular weight is 287 g/mol. The molecule has 112 valence electrons. The Kier molecular flexibility index (Phi) is 3.68. The first kappa shape index (κ1) is 14.1. The number of aryl methyl sites for hydroxylation is 2. The first-order valence-electron chi connectivity index (χ1n) is 7.49. The zero-order valence-electron chi connectivity index (χ0n) is 12.6. The summed E-state index contributed by atoms with van der Waals surface area (Å²) in [6.07, 6.45) is 2.17. The van der Waals surface area contributed by atoms with Gasteiger partial charge in [0, 0.05) is 13.6 Å². The molecular formula is C16H21N3O2. The van der Waals surface area contributed by atoms with Gasteiger partial charge in [-0.1, -0.05) is 12.1 Å². The van der Waals surface area contributed by atoms with E-state index in [0.717, 1.165) is 31.5 Å². The fraction of sp³-hybridized carbons (Fsp3) is 0.500. The minimum Gasteiger partial charge on any atom is -0.316 e. The normalized spacial score (nSPS) is 19.0. The predicted molar refractivity (Wildman–Crippen MR) is 83.8 cm³/mol. The molecule has 1 aromatic heterocycles. The zero-order valence-corrected chi connectivity index (χ0v) is 12.6. The molecular weight excluding hydrogens is 266 g/mol. The van der Waals surface area contributed by atoms with Gasteiger partial charge < -0.3 is 5.32 Å². The van der Waals surface area contributed by atoms with Crippen LogP contribution < -0.4 is 16.6 Å². The van der Waals surface area contributed by atoms with E-state index < -0.39 is 0 Å². The molecule has 0 radical (unpaired) electrons. The second-order valence-corrected chi connectivity index (χ2v) is 5.94. The summed E-state index contributed by atoms with van der Waals surface area (Å²) >= 11 is 0. The molecule has 1 N–H and O–H groups in total. The van der Waals surface area contributed by atoms with E-state index in [9.17, 15) is 9.59 Å². The summed E-state index contributed by atoms with van der Waals surface area (Å²) in [6, 6.07) is 5.63. The maximum absolute atomic E-state index is 12.7. The Morgan fingerprint density at radius 3 is 2.86 bits per heavy atom. The van der Waals surface area contributed by atoms with E-state index in [1.165, 1.54) is 4.57 Å². The smallest absolute Gasteiger partial charge is 0.316 e. The lowest BCUT2D eigenvalue weighted by molar-refractivity contribution is 0.327. The third-order valence-electron chi connectivity index (χ3n) is 4.43. The van der Waals surface area contributed by atoms with Gasteiger partial charge in [0.1, 0.15) is 0 Å². The highest BCUT2D eigenvalue weighted by atomic mass is 16.2. The van der Waals surface area contributed by atoms with Gasteiger partial charge in [0.15, 0.2) is 0 Å². The monoisotopic (exact) mass is 287 g/mol. The number of fused-ring (bicyclic) bond motifs is 1. The predicted octanol–water partition coefficient (Wildman–Crippen LogP) is 1.01. The highest BCUT2D eigenvalue weighted by Crippen LogP contribution is 2.14. The van der Waals surface area contributed by atoms with E-state index in [2.05, 4.69) is 5.32 Å². The average Bonchev–Trinajstić information content (AvgIpc) is 2.50. The fourth-order valence-electron chi connectivity index (χ4n) is 3.21. The van der Waals surface area contributed by atoms with Crippen LogP contribution in [0.2, 0.25) is 0 Å². The summed E-state index contributed by atoms with van der Waals surface area (Å²) in [5.41, 5.74) is 1.26. The molecule has 0 aliphatic carbocycles. The number of nitrogens with one attached hydrogen (secondary N) is 1. The lowest BCUT2D eigenvalue weighted by atomic mass is 9.99. The Morgan fingerprint density at radius 2 is 2.14 bits per heavy atom. The molecule has 1 aromatic carbocycles. The van der Waals surface area contributed by atoms with Gasteiger partial charge in [-0.05, 0) is 50.4 Å². The molecule has 5 heteroatoms. The van der Waals surface area contributed by atoms with E-state index in [4.69, 9.17) is 0 Å². The van der Waals surface area contributed by atoms with Gasteiger partial charge in [-0.15, -0.1) is 0 Å². The molecule has 1 unspecified atom stereocenters. The number of rotatable bonds is 2. The fourth-order valence-corrected chi connectivity index (χ4v) is 3.21. The molecule has 0 saturated carbocycles. The van der Waals surface area contributed by atoms with Crippen molar-refractivity contribution in [3.63, 3.8) is 0 Å². The Hall–Kier alpha value is -1.88. The zero-order chi connectivity index (χ0) is 15.0. The van der Waals surface area contributed by atoms with E-state index >= 15 is 0 Å². The molecule has 2 aromatic rings. The first-order chi connectivity index (χ1) is 10.1. The number of hydrogen-bond donors (Lipinski definition) is 1. The topological polar surface area (TPSA) is 56.0 Å². The van der Waals surface area contributed by atoms with Gasteiger partial charge in [0.25, 0.3) is 5.56 Å². The minimum atomic E-state index is -0.219. The third kappa shape index (κ3) is 2.42. The summed E-state index contributed by atoms with van der Waals surface area (Å²) < 4.78 is 2.99. The van der Waals surface area contributed by atoms with Crippen molar-refractivity contribution in [3.8, 4) is 0 Å². The summed E-state index contributed by atoms with van der Waals surface area (Å²) in [7, 11) is 1.74. The Labute approximate surface area is 123 Å². The van der Waals surface area contributed by atoms with Gasteiger partial charge in [-0.25, -0.2) is 4.79 Å². The molecule has 1 saturated heterocycles. The number of hydrogen-bond acceptors (Lipinski definition) is 3. The molecule has 21 heavy (non-hydrogen) atoms. The maximum atomic E-state index is 12.7. The van der Waals surface area contributed by atoms with Gasteiger partial charge in [0.2, 0.25) is 0 Å². The van der Waals surface area contributed by atoms with Gasteiger partial charge in [0.05, 0.1) is 10.9 Å². The van der Waals surface area contributed by atoms with Crippen molar-refractivity contribution in [1.29, 1.82) is 0 Å². The van der Waals surface area contributed by atoms with Crippen molar-refractivity contribution >= 4 is 10.9 Å². The molecule has 1 fully saturated rings. The Morgan fingerprint density at radius 1 is 1.33 bits per heavy atom. The lowest BCUT2D eigenvalue weighted by Gasteiger charge is -2.23. The van der Waals surface area contributed by atoms with E-state index in [1.807, 2.05) is 25.1 Å². The van der Waals surface area contributed by atoms with E-state index in [0.29, 0.717) is 23.4 Å². The van der Waals surface area contributed by atoms with E-state index in [-0.39, 0.29) is 11.2 Å². The molecule has 0 spiro atoms. The minimum absolute atomic E-state index is 0.156. The summed E-state index contributed by atoms with van der Waals surface area (Å²) in [4.78, 5) is 25.2. The van der Waals surface area contributed by atoms with E-state index in [1.54, 1.807) is 11.6 Å². The highest BCUT2D eigenvalue weighted by molar-refractivity contribution is 5.81. The Balaban J connectivity index is 2.16. The second-order valence-electron chi connectivity index (χ2n) is 5.94. The Bertz CT molecular complexity index is 782. The highest BCUT2D eigenvalue weighted by Gasteiger charge is 2.18. The van der Waals surface area contributed by atoms with Crippen LogP contribution >= 0.6 is 0 Å². The second kappa shape index (κ2) is 5.48. The summed E-state index contributed by atoms with van der Waals surface area (Å²) in [5, 5.41) is 3.99. The third-order valence-corrected chi connectivity index (χ3v) is 4.43. The maximum Gasteiger partial charge on any atom is 0.331 e. The van der Waals surface area contributed by atoms with Crippen LogP contribution in [0.25, 0.3) is 10.9 Å². The van der Waals surface area contributed by atoms with Crippen LogP contribution in [0.5, 0.6) is 0 Å². The lowest BCUT2D eigenvalue weighted by Crippen LogP contribution is -2.43. The molecule has 5 nitrogen and oxygen atoms in total. The van der Waals surface area contributed by atoms with Gasteiger partial charge in [-0.3, -0.25) is 13.9 Å². The number of benzene rings is 1. The molecule has 0 amide bonds. The van der Waals surface area contributed by atoms with Gasteiger partial charge in [-0.2, -0.15) is 0 Å². The van der Waals surface area contributed by atoms with Crippen LogP contribution in [0.3, 0.4) is 0 Å². The largest absolute Gasteiger partial charge is 0.331 e. The van der Waals surface area contributed by atoms with Gasteiger partial charge >= 0.3 is 5.69 Å². The van der Waals surface area contributed by atoms with Crippen LogP contribution in [-0.2, 0) is 13.6 Å². The van der Waals surface area contributed by atoms with Crippen LogP contribution in [0.4, 0.5) is 0 Å². The SMILES string of the molecule is Cc1cccc2c1c(=O)n(CC1CCCNC1)c(=O)n2C. The number of piperidine rings is 1. The quantitative estimate of drug-likeness (QED) is 0.897. The van der Waals surface area contributed by atoms with Crippen LogP contribution in [0, 0.1) is 12.8 Å². The van der Waals surface area contributed by atoms with Crippen LogP contribution in [0.1, 0.15) is 18.4 Å². The summed E-state index contributed by atoms with van der Waals surface area (Å²) in [5.74, 6) is 0.352. The van der Waals surface area contributed by atoms with Crippen molar-refractivity contribution in [2.45, 2.75) is 26.3 Å². The molecule has 3 rings (SSSR count). The molecule has 1 atom stereocenters. The molecule has 1 aliphatic rings. The number of aromatic nitrogens is 2. The van der Waals surface area contributed by atoms with Crippen LogP contribution in [0.15, 0.2) is 27.8 Å².